The fraction of sp³-hybridized carbons (Fsp3) is 0.818. The third-order valence-corrected chi connectivity index (χ3v) is 3.08. The summed E-state index contributed by atoms with van der Waals surface area (Å²) in [6.45, 7) is 3.66. The molecule has 0 saturated carbocycles. The molecule has 1 rings (SSSR count). The first-order valence-corrected chi connectivity index (χ1v) is 5.52. The summed E-state index contributed by atoms with van der Waals surface area (Å²) in [7, 11) is 0. The average Bonchev–Trinajstić information content (AvgIpc) is 2.64. The van der Waals surface area contributed by atoms with Crippen LogP contribution in [-0.2, 0) is 9.59 Å². The smallest absolute Gasteiger partial charge is 0.309 e. The van der Waals surface area contributed by atoms with Crippen LogP contribution in [0.4, 0.5) is 0 Å². The van der Waals surface area contributed by atoms with Crippen molar-refractivity contribution in [1.29, 1.82) is 0 Å². The largest absolute Gasteiger partial charge is 0.481 e. The van der Waals surface area contributed by atoms with E-state index in [-0.39, 0.29) is 25.0 Å². The summed E-state index contributed by atoms with van der Waals surface area (Å²) in [6, 6.07) is -0.128. The second-order valence-electron chi connectivity index (χ2n) is 4.93. The van der Waals surface area contributed by atoms with E-state index < -0.39 is 11.4 Å². The van der Waals surface area contributed by atoms with E-state index in [0.29, 0.717) is 6.54 Å². The number of nitrogens with zero attached hydrogens (tertiary/aromatic N) is 1. The molecule has 92 valence electrons. The number of hydrogen-bond acceptors (Lipinski definition) is 3. The van der Waals surface area contributed by atoms with E-state index in [1.807, 2.05) is 0 Å². The Hall–Kier alpha value is -1.10. The molecule has 1 saturated heterocycles. The highest BCUT2D eigenvalue weighted by Gasteiger charge is 2.35. The number of carbonyl (C=O) groups excluding carboxylic acids is 1. The molecule has 16 heavy (non-hydrogen) atoms. The highest BCUT2D eigenvalue weighted by molar-refractivity contribution is 5.84. The molecule has 5 nitrogen and oxygen atoms in total. The zero-order valence-electron chi connectivity index (χ0n) is 9.77. The summed E-state index contributed by atoms with van der Waals surface area (Å²) >= 11 is 0. The van der Waals surface area contributed by atoms with Gasteiger partial charge in [-0.2, -0.15) is 0 Å². The molecule has 0 aliphatic carbocycles. The minimum Gasteiger partial charge on any atom is -0.481 e. The molecule has 0 radical (unpaired) electrons. The molecule has 1 heterocycles. The predicted octanol–water partition coefficient (Wildman–Crippen LogP) is 0.471. The molecule has 0 aromatic carbocycles. The molecule has 0 bridgehead atoms. The summed E-state index contributed by atoms with van der Waals surface area (Å²) in [5, 5.41) is 18.0. The van der Waals surface area contributed by atoms with Crippen molar-refractivity contribution in [2.45, 2.75) is 39.2 Å². The number of aliphatic hydroxyl groups is 1. The molecule has 5 heteroatoms. The van der Waals surface area contributed by atoms with E-state index in [0.717, 1.165) is 12.8 Å². The maximum Gasteiger partial charge on any atom is 0.309 e. The number of hydrogen-bond donors (Lipinski definition) is 2. The monoisotopic (exact) mass is 229 g/mol. The maximum absolute atomic E-state index is 11.9. The highest BCUT2D eigenvalue weighted by Crippen LogP contribution is 2.25. The molecule has 0 spiro atoms. The van der Waals surface area contributed by atoms with Gasteiger partial charge in [0.05, 0.1) is 18.1 Å². The lowest BCUT2D eigenvalue weighted by atomic mass is 9.89. The summed E-state index contributed by atoms with van der Waals surface area (Å²) < 4.78 is 0. The summed E-state index contributed by atoms with van der Waals surface area (Å²) in [4.78, 5) is 24.4. The van der Waals surface area contributed by atoms with Gasteiger partial charge in [-0.15, -0.1) is 0 Å². The van der Waals surface area contributed by atoms with Crippen LogP contribution >= 0.6 is 0 Å². The van der Waals surface area contributed by atoms with Gasteiger partial charge >= 0.3 is 5.97 Å². The van der Waals surface area contributed by atoms with Crippen LogP contribution in [0.5, 0.6) is 0 Å². The molecule has 1 unspecified atom stereocenters. The molecule has 0 aromatic rings. The Morgan fingerprint density at radius 2 is 2.06 bits per heavy atom. The van der Waals surface area contributed by atoms with Crippen molar-refractivity contribution in [2.75, 3.05) is 13.2 Å². The molecule has 1 aliphatic rings. The van der Waals surface area contributed by atoms with Crippen molar-refractivity contribution in [3.63, 3.8) is 0 Å². The van der Waals surface area contributed by atoms with Gasteiger partial charge in [0.25, 0.3) is 0 Å². The van der Waals surface area contributed by atoms with Gasteiger partial charge in [0, 0.05) is 13.0 Å². The number of likely N-dealkylation sites (tertiary alicyclic amines) is 1. The Morgan fingerprint density at radius 1 is 1.44 bits per heavy atom. The van der Waals surface area contributed by atoms with E-state index in [4.69, 9.17) is 10.2 Å². The fourth-order valence-electron chi connectivity index (χ4n) is 1.91. The first-order valence-electron chi connectivity index (χ1n) is 5.52. The summed E-state index contributed by atoms with van der Waals surface area (Å²) in [5.74, 6) is -1.15. The van der Waals surface area contributed by atoms with Crippen LogP contribution < -0.4 is 0 Å². The van der Waals surface area contributed by atoms with Gasteiger partial charge in [0.2, 0.25) is 5.91 Å². The van der Waals surface area contributed by atoms with E-state index in [1.54, 1.807) is 4.90 Å². The van der Waals surface area contributed by atoms with Gasteiger partial charge in [-0.1, -0.05) is 0 Å². The van der Waals surface area contributed by atoms with Crippen LogP contribution in [0, 0.1) is 5.41 Å². The van der Waals surface area contributed by atoms with Crippen molar-refractivity contribution < 1.29 is 19.8 Å². The highest BCUT2D eigenvalue weighted by atomic mass is 16.4. The first kappa shape index (κ1) is 13.0. The molecule has 1 aliphatic heterocycles. The molecule has 2 N–H and O–H groups in total. The van der Waals surface area contributed by atoms with Gasteiger partial charge in [-0.3, -0.25) is 9.59 Å². The lowest BCUT2D eigenvalue weighted by Gasteiger charge is -2.27. The van der Waals surface area contributed by atoms with Crippen LogP contribution in [0.25, 0.3) is 0 Å². The second-order valence-corrected chi connectivity index (χ2v) is 4.93. The molecular formula is C11H19NO4. The SMILES string of the molecule is CC(C)(CC(=O)N1CCCC1CO)C(=O)O. The van der Waals surface area contributed by atoms with E-state index in [1.165, 1.54) is 13.8 Å². The zero-order valence-corrected chi connectivity index (χ0v) is 9.77. The van der Waals surface area contributed by atoms with Crippen LogP contribution in [0.1, 0.15) is 33.1 Å². The van der Waals surface area contributed by atoms with Gasteiger partial charge in [-0.25, -0.2) is 0 Å². The second kappa shape index (κ2) is 4.82. The van der Waals surface area contributed by atoms with Gasteiger partial charge in [0.1, 0.15) is 0 Å². The Balaban J connectivity index is 2.62. The third kappa shape index (κ3) is 2.72. The normalized spacial score (nSPS) is 21.2. The van der Waals surface area contributed by atoms with Crippen molar-refractivity contribution in [3.8, 4) is 0 Å². The summed E-state index contributed by atoms with van der Waals surface area (Å²) in [6.07, 6.45) is 1.67. The Morgan fingerprint density at radius 3 is 2.56 bits per heavy atom. The molecular weight excluding hydrogens is 210 g/mol. The first-order chi connectivity index (χ1) is 7.38. The standard InChI is InChI=1S/C11H19NO4/c1-11(2,10(15)16)6-9(14)12-5-3-4-8(12)7-13/h8,13H,3-7H2,1-2H3,(H,15,16). The zero-order chi connectivity index (χ0) is 12.3. The minimum atomic E-state index is -1.04. The molecule has 1 fully saturated rings. The molecule has 1 atom stereocenters. The van der Waals surface area contributed by atoms with Crippen LogP contribution in [-0.4, -0.2) is 46.2 Å². The topological polar surface area (TPSA) is 77.8 Å². The van der Waals surface area contributed by atoms with Crippen molar-refractivity contribution >= 4 is 11.9 Å². The van der Waals surface area contributed by atoms with E-state index in [9.17, 15) is 9.59 Å². The number of aliphatic hydroxyl groups excluding tert-OH is 1. The Bertz CT molecular complexity index is 288. The van der Waals surface area contributed by atoms with Crippen LogP contribution in [0.2, 0.25) is 0 Å². The predicted molar refractivity (Wildman–Crippen MR) is 57.9 cm³/mol. The number of aliphatic carboxylic acids is 1. The van der Waals surface area contributed by atoms with E-state index in [2.05, 4.69) is 0 Å². The lowest BCUT2D eigenvalue weighted by Crippen LogP contribution is -2.41. The number of amides is 1. The lowest BCUT2D eigenvalue weighted by molar-refractivity contribution is -0.151. The van der Waals surface area contributed by atoms with Crippen LogP contribution in [0.15, 0.2) is 0 Å². The molecule has 0 aromatic heterocycles. The Labute approximate surface area is 95.1 Å². The van der Waals surface area contributed by atoms with E-state index >= 15 is 0 Å². The summed E-state index contributed by atoms with van der Waals surface area (Å²) in [5.41, 5.74) is -1.04. The number of rotatable bonds is 4. The van der Waals surface area contributed by atoms with Crippen molar-refractivity contribution in [2.24, 2.45) is 5.41 Å². The average molecular weight is 229 g/mol. The fourth-order valence-corrected chi connectivity index (χ4v) is 1.91. The number of carboxylic acid groups (broad SMARTS) is 1. The Kier molecular flexibility index (Phi) is 3.91. The van der Waals surface area contributed by atoms with Gasteiger partial charge < -0.3 is 15.1 Å². The van der Waals surface area contributed by atoms with Crippen molar-refractivity contribution in [1.82, 2.24) is 4.90 Å². The minimum absolute atomic E-state index is 0.0150. The third-order valence-electron chi connectivity index (χ3n) is 3.08. The maximum atomic E-state index is 11.9. The number of carbonyl (C=O) groups is 2. The van der Waals surface area contributed by atoms with Crippen molar-refractivity contribution in [3.05, 3.63) is 0 Å². The van der Waals surface area contributed by atoms with Gasteiger partial charge in [0.15, 0.2) is 0 Å². The molecule has 1 amide bonds. The van der Waals surface area contributed by atoms with Crippen LogP contribution in [0.3, 0.4) is 0 Å². The van der Waals surface area contributed by atoms with Gasteiger partial charge in [-0.05, 0) is 26.7 Å². The number of carboxylic acids is 1. The quantitative estimate of drug-likeness (QED) is 0.734.